The van der Waals surface area contributed by atoms with Gasteiger partial charge in [0.2, 0.25) is 10.0 Å². The van der Waals surface area contributed by atoms with Crippen LogP contribution in [0.4, 0.5) is 0 Å². The Morgan fingerprint density at radius 2 is 1.61 bits per heavy atom. The number of rotatable bonds is 15. The number of nitrogens with one attached hydrogen (secondary N) is 1. The van der Waals surface area contributed by atoms with E-state index in [1.807, 2.05) is 80.7 Å². The molecule has 0 saturated carbocycles. The molecule has 0 radical (unpaired) electrons. The van der Waals surface area contributed by atoms with Crippen molar-refractivity contribution in [3.8, 4) is 22.6 Å². The van der Waals surface area contributed by atoms with E-state index in [-0.39, 0.29) is 17.4 Å². The van der Waals surface area contributed by atoms with E-state index >= 15 is 0 Å². The van der Waals surface area contributed by atoms with Gasteiger partial charge in [-0.25, -0.2) is 8.42 Å². The number of amides is 1. The van der Waals surface area contributed by atoms with Crippen LogP contribution in [-0.4, -0.2) is 56.8 Å². The van der Waals surface area contributed by atoms with Gasteiger partial charge >= 0.3 is 0 Å². The Labute approximate surface area is 383 Å². The molecule has 0 fully saturated rings. The monoisotopic (exact) mass is 920 g/mol. The van der Waals surface area contributed by atoms with Crippen molar-refractivity contribution >= 4 is 50.0 Å². The number of hydrogen-bond donors (Lipinski definition) is 2. The lowest BCUT2D eigenvalue weighted by Gasteiger charge is -2.22. The maximum absolute atomic E-state index is 14.9. The minimum absolute atomic E-state index is 0.0206. The number of aliphatic hydroxyl groups is 1. The summed E-state index contributed by atoms with van der Waals surface area (Å²) in [4.78, 5) is 20.8. The van der Waals surface area contributed by atoms with Gasteiger partial charge in [0.1, 0.15) is 30.0 Å². The number of aliphatic hydroxyl groups excluding tert-OH is 1. The first-order valence-corrected chi connectivity index (χ1v) is 23.4. The van der Waals surface area contributed by atoms with E-state index in [0.29, 0.717) is 67.5 Å². The zero-order valence-corrected chi connectivity index (χ0v) is 38.7. The molecule has 0 bridgehead atoms. The first kappa shape index (κ1) is 44.9. The second-order valence-electron chi connectivity index (χ2n) is 16.3. The molecule has 1 amide bonds. The Hall–Kier alpha value is -5.70. The van der Waals surface area contributed by atoms with Crippen molar-refractivity contribution in [1.82, 2.24) is 29.0 Å². The standard InChI is InChI=1S/C49H50Cl2N6O6S/c1-30-25-38(26-31(2)45(30)51)62-24-7-10-40-41-19-20-42(50)44(43-32(3)53-55(5)33(43)4)46(41)57-23-8-22-56(49(59)47(40)57)28-34-11-13-36(14-12-34)48(58)54-64(60,61)39-17-15-37(16-18-39)63-29-35-9-6-21-52-27-35/h6,9,11-21,25-27,48,54,58H,7-8,10,22-24,28-29H2,1-5H3. The lowest BCUT2D eigenvalue weighted by atomic mass is 9.98. The van der Waals surface area contributed by atoms with Crippen LogP contribution in [0.2, 0.25) is 10.0 Å². The van der Waals surface area contributed by atoms with Gasteiger partial charge in [-0.2, -0.15) is 9.82 Å². The molecule has 4 aromatic carbocycles. The summed E-state index contributed by atoms with van der Waals surface area (Å²) in [6.07, 6.45) is 3.81. The van der Waals surface area contributed by atoms with E-state index in [0.717, 1.165) is 72.0 Å². The molecule has 1 aliphatic heterocycles. The fourth-order valence-corrected chi connectivity index (χ4v) is 9.93. The van der Waals surface area contributed by atoms with E-state index in [4.69, 9.17) is 37.8 Å². The highest BCUT2D eigenvalue weighted by atomic mass is 35.5. The van der Waals surface area contributed by atoms with Crippen LogP contribution in [0.3, 0.4) is 0 Å². The van der Waals surface area contributed by atoms with E-state index in [2.05, 4.69) is 14.3 Å². The zero-order valence-electron chi connectivity index (χ0n) is 36.4. The highest BCUT2D eigenvalue weighted by Crippen LogP contribution is 2.43. The summed E-state index contributed by atoms with van der Waals surface area (Å²) in [5, 5.41) is 18.0. The normalized spacial score (nSPS) is 13.6. The summed E-state index contributed by atoms with van der Waals surface area (Å²) in [7, 11) is -2.16. The third-order valence-electron chi connectivity index (χ3n) is 11.8. The van der Waals surface area contributed by atoms with Crippen LogP contribution < -0.4 is 14.2 Å². The molecule has 0 saturated heterocycles. The van der Waals surface area contributed by atoms with Crippen LogP contribution in [0.1, 0.15) is 74.3 Å². The van der Waals surface area contributed by atoms with Crippen molar-refractivity contribution < 1.29 is 27.8 Å². The van der Waals surface area contributed by atoms with E-state index in [1.165, 1.54) is 12.1 Å². The average Bonchev–Trinajstić information content (AvgIpc) is 3.66. The molecule has 3 aromatic heterocycles. The summed E-state index contributed by atoms with van der Waals surface area (Å²) < 4.78 is 44.8. The van der Waals surface area contributed by atoms with Gasteiger partial charge in [0.15, 0.2) is 0 Å². The van der Waals surface area contributed by atoms with Gasteiger partial charge in [0.25, 0.3) is 5.91 Å². The van der Waals surface area contributed by atoms with Crippen molar-refractivity contribution in [2.24, 2.45) is 7.05 Å². The number of nitrogens with zero attached hydrogens (tertiary/aromatic N) is 5. The van der Waals surface area contributed by atoms with Gasteiger partial charge in [-0.1, -0.05) is 59.6 Å². The summed E-state index contributed by atoms with van der Waals surface area (Å²) in [6, 6.07) is 24.4. The topological polar surface area (TPSA) is 141 Å². The number of pyridine rings is 1. The van der Waals surface area contributed by atoms with Gasteiger partial charge in [-0.15, -0.1) is 0 Å². The van der Waals surface area contributed by atoms with Gasteiger partial charge in [0.05, 0.1) is 27.7 Å². The van der Waals surface area contributed by atoms with Gasteiger partial charge in [0, 0.05) is 71.9 Å². The van der Waals surface area contributed by atoms with Gasteiger partial charge in [-0.05, 0) is 123 Å². The number of halogens is 2. The molecule has 12 nitrogen and oxygen atoms in total. The molecule has 4 heterocycles. The first-order chi connectivity index (χ1) is 30.7. The first-order valence-electron chi connectivity index (χ1n) is 21.1. The second kappa shape index (κ2) is 18.8. The number of fused-ring (bicyclic) bond motifs is 3. The number of carbonyl (C=O) groups is 1. The molecule has 1 unspecified atom stereocenters. The van der Waals surface area contributed by atoms with Gasteiger partial charge in [-0.3, -0.25) is 14.5 Å². The number of carbonyl (C=O) groups excluding carboxylic acids is 1. The third-order valence-corrected chi connectivity index (χ3v) is 14.1. The number of benzene rings is 4. The van der Waals surface area contributed by atoms with E-state index in [9.17, 15) is 18.3 Å². The summed E-state index contributed by atoms with van der Waals surface area (Å²) >= 11 is 13.5. The van der Waals surface area contributed by atoms with Crippen LogP contribution in [0.25, 0.3) is 22.0 Å². The number of hydrogen-bond acceptors (Lipinski definition) is 8. The number of aromatic nitrogens is 4. The molecule has 0 aliphatic carbocycles. The van der Waals surface area contributed by atoms with Crippen molar-refractivity contribution in [1.29, 1.82) is 0 Å². The fraction of sp³-hybridized carbons (Fsp3) is 0.286. The Kier molecular flexibility index (Phi) is 13.2. The largest absolute Gasteiger partial charge is 0.494 e. The molecule has 8 rings (SSSR count). The van der Waals surface area contributed by atoms with Crippen LogP contribution in [-0.2, 0) is 43.2 Å². The molecule has 1 aliphatic rings. The predicted octanol–water partition coefficient (Wildman–Crippen LogP) is 9.58. The maximum atomic E-state index is 14.9. The maximum Gasteiger partial charge on any atom is 0.271 e. The molecular formula is C49H50Cl2N6O6S. The van der Waals surface area contributed by atoms with E-state index in [1.54, 1.807) is 48.8 Å². The van der Waals surface area contributed by atoms with Crippen LogP contribution >= 0.6 is 23.2 Å². The molecule has 2 N–H and O–H groups in total. The van der Waals surface area contributed by atoms with Crippen LogP contribution in [0, 0.1) is 27.7 Å². The molecule has 64 heavy (non-hydrogen) atoms. The molecule has 0 spiro atoms. The predicted molar refractivity (Wildman–Crippen MR) is 249 cm³/mol. The minimum atomic E-state index is -4.08. The Morgan fingerprint density at radius 1 is 0.875 bits per heavy atom. The number of ether oxygens (including phenoxy) is 2. The number of aryl methyl sites for hydroxylation is 6. The van der Waals surface area contributed by atoms with Crippen molar-refractivity contribution in [3.63, 3.8) is 0 Å². The molecule has 7 aromatic rings. The fourth-order valence-electron chi connectivity index (χ4n) is 8.51. The molecule has 15 heteroatoms. The Bertz CT molecular complexity index is 2930. The highest BCUT2D eigenvalue weighted by Gasteiger charge is 2.32. The lowest BCUT2D eigenvalue weighted by Crippen LogP contribution is -2.31. The minimum Gasteiger partial charge on any atom is -0.494 e. The van der Waals surface area contributed by atoms with Crippen molar-refractivity contribution in [3.05, 3.63) is 158 Å². The zero-order chi connectivity index (χ0) is 45.3. The second-order valence-corrected chi connectivity index (χ2v) is 18.8. The summed E-state index contributed by atoms with van der Waals surface area (Å²) in [5.74, 6) is 1.15. The SMILES string of the molecule is Cc1cc(OCCCc2c3n(c4c(-c5c(C)nn(C)c5C)c(Cl)ccc24)CCCN(Cc2ccc(C(O)NS(=O)(=O)c4ccc(OCc5cccnc5)cc4)cc2)C3=O)cc(C)c1Cl. The van der Waals surface area contributed by atoms with Crippen LogP contribution in [0.15, 0.2) is 102 Å². The third kappa shape index (κ3) is 9.27. The number of sulfonamides is 1. The van der Waals surface area contributed by atoms with Crippen molar-refractivity contribution in [2.45, 2.75) is 77.8 Å². The smallest absolute Gasteiger partial charge is 0.271 e. The molecule has 332 valence electrons. The Balaban J connectivity index is 1.02. The quantitative estimate of drug-likeness (QED) is 0.0766. The lowest BCUT2D eigenvalue weighted by molar-refractivity contribution is 0.0744. The highest BCUT2D eigenvalue weighted by molar-refractivity contribution is 7.89. The van der Waals surface area contributed by atoms with Crippen LogP contribution in [0.5, 0.6) is 11.5 Å². The Morgan fingerprint density at radius 3 is 2.28 bits per heavy atom. The molecular weight excluding hydrogens is 872 g/mol. The van der Waals surface area contributed by atoms with Crippen molar-refractivity contribution in [2.75, 3.05) is 13.2 Å². The molecule has 1 atom stereocenters. The summed E-state index contributed by atoms with van der Waals surface area (Å²) in [5.41, 5.74) is 10.1. The van der Waals surface area contributed by atoms with Gasteiger partial charge < -0.3 is 24.0 Å². The summed E-state index contributed by atoms with van der Waals surface area (Å²) in [6.45, 7) is 10.1. The average molecular weight is 922 g/mol. The van der Waals surface area contributed by atoms with E-state index < -0.39 is 16.3 Å².